The van der Waals surface area contributed by atoms with Gasteiger partial charge in [-0.05, 0) is 78.4 Å². The Morgan fingerprint density at radius 2 is 1.04 bits per heavy atom. The van der Waals surface area contributed by atoms with Crippen molar-refractivity contribution in [3.05, 3.63) is 18.2 Å². The minimum absolute atomic E-state index is 0.412. The SMILES string of the molecule is COc1ccc(B2OC(C)(C)C(C)(C)O2)c(B2OC(C)(C)C(C)(C)O2)c1. The standard InChI is InChI=1S/C19H30B2O5/c1-16(2)17(3,4)24-20(23-16)14-11-10-13(22-9)12-15(14)21-25-18(5,6)19(7,8)26-21/h10-12H,1-9H3. The molecule has 0 amide bonds. The maximum absolute atomic E-state index is 6.26. The van der Waals surface area contributed by atoms with E-state index in [0.29, 0.717) is 0 Å². The topological polar surface area (TPSA) is 46.2 Å². The van der Waals surface area contributed by atoms with Crippen LogP contribution in [0.1, 0.15) is 55.4 Å². The monoisotopic (exact) mass is 360 g/mol. The zero-order valence-electron chi connectivity index (χ0n) is 17.4. The second-order valence-corrected chi connectivity index (χ2v) is 9.17. The Bertz CT molecular complexity index is 667. The number of hydrogen-bond donors (Lipinski definition) is 0. The molecule has 0 unspecified atom stereocenters. The van der Waals surface area contributed by atoms with Gasteiger partial charge in [-0.25, -0.2) is 0 Å². The zero-order valence-corrected chi connectivity index (χ0v) is 17.4. The molecule has 2 heterocycles. The zero-order chi connectivity index (χ0) is 19.5. The molecule has 0 N–H and O–H groups in total. The highest BCUT2D eigenvalue weighted by Crippen LogP contribution is 2.38. The number of ether oxygens (including phenoxy) is 1. The number of hydrogen-bond acceptors (Lipinski definition) is 5. The third-order valence-corrected chi connectivity index (χ3v) is 6.31. The average Bonchev–Trinajstić information content (AvgIpc) is 2.86. The number of methoxy groups -OCH3 is 1. The highest BCUT2D eigenvalue weighted by molar-refractivity contribution is 6.74. The van der Waals surface area contributed by atoms with E-state index >= 15 is 0 Å². The van der Waals surface area contributed by atoms with Crippen molar-refractivity contribution >= 4 is 25.2 Å². The molecule has 7 heteroatoms. The van der Waals surface area contributed by atoms with Gasteiger partial charge in [0.25, 0.3) is 0 Å². The summed E-state index contributed by atoms with van der Waals surface area (Å²) in [5.41, 5.74) is 0.113. The van der Waals surface area contributed by atoms with Crippen LogP contribution in [0.25, 0.3) is 0 Å². The van der Waals surface area contributed by atoms with E-state index in [4.69, 9.17) is 23.4 Å². The first-order valence-electron chi connectivity index (χ1n) is 9.19. The van der Waals surface area contributed by atoms with Crippen molar-refractivity contribution < 1.29 is 23.4 Å². The first-order valence-corrected chi connectivity index (χ1v) is 9.19. The third kappa shape index (κ3) is 3.09. The molecule has 2 aliphatic heterocycles. The van der Waals surface area contributed by atoms with Crippen molar-refractivity contribution in [2.45, 2.75) is 77.8 Å². The molecule has 142 valence electrons. The summed E-state index contributed by atoms with van der Waals surface area (Å²) in [7, 11) is 0.654. The van der Waals surface area contributed by atoms with Gasteiger partial charge in [0, 0.05) is 0 Å². The first kappa shape index (κ1) is 19.7. The van der Waals surface area contributed by atoms with Crippen LogP contribution in [0.3, 0.4) is 0 Å². The van der Waals surface area contributed by atoms with Crippen LogP contribution in [0.2, 0.25) is 0 Å². The summed E-state index contributed by atoms with van der Waals surface area (Å²) in [6.45, 7) is 16.4. The molecule has 0 bridgehead atoms. The van der Waals surface area contributed by atoms with Crippen molar-refractivity contribution in [3.63, 3.8) is 0 Å². The van der Waals surface area contributed by atoms with Gasteiger partial charge in [0.05, 0.1) is 29.5 Å². The van der Waals surface area contributed by atoms with Gasteiger partial charge < -0.3 is 23.4 Å². The Balaban J connectivity index is 2.01. The highest BCUT2D eigenvalue weighted by Gasteiger charge is 2.56. The predicted octanol–water partition coefficient (Wildman–Crippen LogP) is 2.29. The summed E-state index contributed by atoms with van der Waals surface area (Å²) in [4.78, 5) is 0. The van der Waals surface area contributed by atoms with Gasteiger partial charge in [-0.3, -0.25) is 0 Å². The average molecular weight is 360 g/mol. The van der Waals surface area contributed by atoms with Crippen LogP contribution in [0.4, 0.5) is 0 Å². The van der Waals surface area contributed by atoms with Crippen molar-refractivity contribution in [2.75, 3.05) is 7.11 Å². The van der Waals surface area contributed by atoms with Crippen LogP contribution in [-0.4, -0.2) is 43.8 Å². The van der Waals surface area contributed by atoms with E-state index in [1.807, 2.05) is 73.6 Å². The second-order valence-electron chi connectivity index (χ2n) is 9.17. The van der Waals surface area contributed by atoms with E-state index in [2.05, 4.69) is 0 Å². The Hall–Kier alpha value is -1.01. The van der Waals surface area contributed by atoms with Gasteiger partial charge in [0.2, 0.25) is 0 Å². The maximum atomic E-state index is 6.26. The molecule has 26 heavy (non-hydrogen) atoms. The Morgan fingerprint density at radius 3 is 1.42 bits per heavy atom. The van der Waals surface area contributed by atoms with Crippen molar-refractivity contribution in [1.82, 2.24) is 0 Å². The summed E-state index contributed by atoms with van der Waals surface area (Å²) >= 11 is 0. The highest BCUT2D eigenvalue weighted by atomic mass is 16.7. The van der Waals surface area contributed by atoms with E-state index in [1.165, 1.54) is 0 Å². The van der Waals surface area contributed by atoms with E-state index in [1.54, 1.807) is 7.11 Å². The number of benzene rings is 1. The minimum atomic E-state index is -0.510. The summed E-state index contributed by atoms with van der Waals surface area (Å²) in [5.74, 6) is 0.745. The summed E-state index contributed by atoms with van der Waals surface area (Å²) in [6.07, 6.45) is 0. The third-order valence-electron chi connectivity index (χ3n) is 6.31. The van der Waals surface area contributed by atoms with Crippen LogP contribution in [0.15, 0.2) is 18.2 Å². The summed E-state index contributed by atoms with van der Waals surface area (Å²) in [5, 5.41) is 0. The van der Waals surface area contributed by atoms with Gasteiger partial charge >= 0.3 is 14.2 Å². The van der Waals surface area contributed by atoms with E-state index in [-0.39, 0.29) is 0 Å². The smallest absolute Gasteiger partial charge is 0.494 e. The molecule has 3 rings (SSSR count). The fourth-order valence-corrected chi connectivity index (χ4v) is 3.04. The molecule has 2 saturated heterocycles. The number of rotatable bonds is 3. The molecule has 0 aliphatic carbocycles. The van der Waals surface area contributed by atoms with Crippen LogP contribution in [0.5, 0.6) is 5.75 Å². The molecule has 5 nitrogen and oxygen atoms in total. The van der Waals surface area contributed by atoms with Gasteiger partial charge in [-0.1, -0.05) is 6.07 Å². The molecule has 0 radical (unpaired) electrons. The van der Waals surface area contributed by atoms with Crippen molar-refractivity contribution in [1.29, 1.82) is 0 Å². The summed E-state index contributed by atoms with van der Waals surface area (Å²) < 4.78 is 30.5. The Kier molecular flexibility index (Phi) is 4.55. The Morgan fingerprint density at radius 1 is 0.654 bits per heavy atom. The molecule has 1 aromatic rings. The van der Waals surface area contributed by atoms with Crippen LogP contribution in [-0.2, 0) is 18.6 Å². The van der Waals surface area contributed by atoms with Gasteiger partial charge in [-0.2, -0.15) is 0 Å². The molecule has 0 aromatic heterocycles. The van der Waals surface area contributed by atoms with Crippen LogP contribution in [0, 0.1) is 0 Å². The van der Waals surface area contributed by atoms with Crippen molar-refractivity contribution in [2.24, 2.45) is 0 Å². The first-order chi connectivity index (χ1) is 11.8. The summed E-state index contributed by atoms with van der Waals surface area (Å²) in [6, 6.07) is 5.83. The van der Waals surface area contributed by atoms with E-state index < -0.39 is 36.6 Å². The van der Waals surface area contributed by atoms with Gasteiger partial charge in [0.15, 0.2) is 0 Å². The lowest BCUT2D eigenvalue weighted by molar-refractivity contribution is 0.00578. The molecule has 0 atom stereocenters. The lowest BCUT2D eigenvalue weighted by Gasteiger charge is -2.32. The second kappa shape index (κ2) is 5.99. The fourth-order valence-electron chi connectivity index (χ4n) is 3.04. The minimum Gasteiger partial charge on any atom is -0.497 e. The van der Waals surface area contributed by atoms with E-state index in [9.17, 15) is 0 Å². The molecule has 0 saturated carbocycles. The van der Waals surface area contributed by atoms with Crippen molar-refractivity contribution in [3.8, 4) is 5.75 Å². The molecular formula is C19H30B2O5. The molecular weight excluding hydrogens is 330 g/mol. The molecule has 2 aliphatic rings. The lowest BCUT2D eigenvalue weighted by atomic mass is 9.65. The Labute approximate surface area is 158 Å². The largest absolute Gasteiger partial charge is 0.497 e. The molecule has 2 fully saturated rings. The van der Waals surface area contributed by atoms with Gasteiger partial charge in [-0.15, -0.1) is 0 Å². The fraction of sp³-hybridized carbons (Fsp3) is 0.684. The molecule has 0 spiro atoms. The van der Waals surface area contributed by atoms with Crippen LogP contribution >= 0.6 is 0 Å². The normalized spacial score (nSPS) is 25.6. The predicted molar refractivity (Wildman–Crippen MR) is 104 cm³/mol. The lowest BCUT2D eigenvalue weighted by Crippen LogP contribution is -2.51. The maximum Gasteiger partial charge on any atom is 0.494 e. The van der Waals surface area contributed by atoms with Crippen LogP contribution < -0.4 is 15.7 Å². The van der Waals surface area contributed by atoms with E-state index in [0.717, 1.165) is 16.7 Å². The molecule has 1 aromatic carbocycles. The quantitative estimate of drug-likeness (QED) is 0.775. The van der Waals surface area contributed by atoms with Gasteiger partial charge in [0.1, 0.15) is 5.75 Å².